The minimum atomic E-state index is 0.760. The number of hydrogen-bond donors (Lipinski definition) is 1. The summed E-state index contributed by atoms with van der Waals surface area (Å²) in [5.74, 6) is 0.797. The number of nitrogens with one attached hydrogen (secondary N) is 1. The van der Waals surface area contributed by atoms with Crippen LogP contribution >= 0.6 is 0 Å². The lowest BCUT2D eigenvalue weighted by Gasteiger charge is -2.37. The highest BCUT2D eigenvalue weighted by molar-refractivity contribution is 5.31. The van der Waals surface area contributed by atoms with E-state index in [0.29, 0.717) is 0 Å². The summed E-state index contributed by atoms with van der Waals surface area (Å²) in [6.07, 6.45) is 8.23. The van der Waals surface area contributed by atoms with Gasteiger partial charge in [-0.2, -0.15) is 0 Å². The predicted octanol–water partition coefficient (Wildman–Crippen LogP) is 3.71. The summed E-state index contributed by atoms with van der Waals surface area (Å²) in [5.41, 5.74) is 3.04. The van der Waals surface area contributed by atoms with Gasteiger partial charge in [-0.3, -0.25) is 0 Å². The van der Waals surface area contributed by atoms with Crippen LogP contribution in [-0.2, 0) is 0 Å². The van der Waals surface area contributed by atoms with E-state index in [1.165, 1.54) is 70.3 Å². The molecular weight excluding hydrogens is 256 g/mol. The van der Waals surface area contributed by atoms with Crippen molar-refractivity contribution < 1.29 is 0 Å². The first-order valence-corrected chi connectivity index (χ1v) is 8.84. The number of nitrogens with zero attached hydrogens (tertiary/aromatic N) is 1. The summed E-state index contributed by atoms with van der Waals surface area (Å²) in [6.45, 7) is 7.40. The second-order valence-corrected chi connectivity index (χ2v) is 6.93. The Bertz CT molecular complexity index is 431. The number of likely N-dealkylation sites (tertiary alicyclic amines) is 1. The van der Waals surface area contributed by atoms with Crippen molar-refractivity contribution >= 4 is 0 Å². The van der Waals surface area contributed by atoms with Gasteiger partial charge in [0.1, 0.15) is 0 Å². The minimum Gasteiger partial charge on any atom is -0.314 e. The summed E-state index contributed by atoms with van der Waals surface area (Å²) < 4.78 is 0. The largest absolute Gasteiger partial charge is 0.314 e. The average molecular weight is 286 g/mol. The zero-order valence-electron chi connectivity index (χ0n) is 13.5. The fraction of sp³-hybridized carbons (Fsp3) is 0.684. The van der Waals surface area contributed by atoms with Gasteiger partial charge in [0.05, 0.1) is 0 Å². The minimum absolute atomic E-state index is 0.760. The van der Waals surface area contributed by atoms with E-state index in [2.05, 4.69) is 41.4 Å². The maximum absolute atomic E-state index is 3.75. The third kappa shape index (κ3) is 4.08. The molecule has 1 aliphatic carbocycles. The van der Waals surface area contributed by atoms with Crippen molar-refractivity contribution in [2.45, 2.75) is 57.4 Å². The Balaban J connectivity index is 1.30. The van der Waals surface area contributed by atoms with Crippen LogP contribution in [-0.4, -0.2) is 37.1 Å². The van der Waals surface area contributed by atoms with Crippen LogP contribution in [0.3, 0.4) is 0 Å². The lowest BCUT2D eigenvalue weighted by molar-refractivity contribution is 0.220. The first-order chi connectivity index (χ1) is 10.3. The number of benzene rings is 1. The first-order valence-electron chi connectivity index (χ1n) is 8.84. The van der Waals surface area contributed by atoms with Gasteiger partial charge in [0.2, 0.25) is 0 Å². The van der Waals surface area contributed by atoms with Crippen LogP contribution in [0.2, 0.25) is 0 Å². The molecule has 2 aliphatic rings. The Morgan fingerprint density at radius 2 is 1.86 bits per heavy atom. The molecular formula is C19H30N2. The third-order valence-electron chi connectivity index (χ3n) is 5.30. The third-order valence-corrected chi connectivity index (χ3v) is 5.30. The van der Waals surface area contributed by atoms with E-state index >= 15 is 0 Å². The highest BCUT2D eigenvalue weighted by Gasteiger charge is 2.30. The smallest absolute Gasteiger partial charge is 0.00787 e. The predicted molar refractivity (Wildman–Crippen MR) is 89.9 cm³/mol. The Hall–Kier alpha value is -0.860. The van der Waals surface area contributed by atoms with E-state index in [4.69, 9.17) is 0 Å². The highest BCUT2D eigenvalue weighted by Crippen LogP contribution is 2.38. The molecule has 2 heteroatoms. The number of aryl methyl sites for hydroxylation is 1. The summed E-state index contributed by atoms with van der Waals surface area (Å²) in [7, 11) is 0. The normalized spacial score (nSPS) is 26.5. The average Bonchev–Trinajstić information content (AvgIpc) is 2.47. The molecule has 1 heterocycles. The molecule has 3 rings (SSSR count). The van der Waals surface area contributed by atoms with Gasteiger partial charge in [-0.05, 0) is 82.3 Å². The van der Waals surface area contributed by atoms with E-state index in [1.54, 1.807) is 5.56 Å². The molecule has 1 aromatic rings. The first kappa shape index (κ1) is 15.1. The second-order valence-electron chi connectivity index (χ2n) is 6.93. The van der Waals surface area contributed by atoms with Crippen molar-refractivity contribution in [3.8, 4) is 0 Å². The summed E-state index contributed by atoms with van der Waals surface area (Å²) in [4.78, 5) is 2.64. The Morgan fingerprint density at radius 1 is 1.10 bits per heavy atom. The fourth-order valence-corrected chi connectivity index (χ4v) is 3.88. The Kier molecular flexibility index (Phi) is 5.32. The maximum atomic E-state index is 3.75. The molecule has 0 aromatic heterocycles. The summed E-state index contributed by atoms with van der Waals surface area (Å²) >= 11 is 0. The molecule has 0 amide bonds. The molecule has 2 fully saturated rings. The van der Waals surface area contributed by atoms with Crippen LogP contribution in [0, 0.1) is 6.92 Å². The molecule has 21 heavy (non-hydrogen) atoms. The summed E-state index contributed by atoms with van der Waals surface area (Å²) in [5, 5.41) is 3.75. The molecule has 1 N–H and O–H groups in total. The monoisotopic (exact) mass is 286 g/mol. The molecule has 0 atom stereocenters. The molecule has 1 saturated carbocycles. The van der Waals surface area contributed by atoms with Crippen LogP contribution in [0.15, 0.2) is 24.3 Å². The molecule has 0 radical (unpaired) electrons. The zero-order valence-corrected chi connectivity index (χ0v) is 13.5. The molecule has 0 bridgehead atoms. The quantitative estimate of drug-likeness (QED) is 0.802. The maximum Gasteiger partial charge on any atom is 0.00787 e. The van der Waals surface area contributed by atoms with Crippen molar-refractivity contribution in [1.82, 2.24) is 10.2 Å². The van der Waals surface area contributed by atoms with E-state index in [0.717, 1.165) is 12.0 Å². The lowest BCUT2D eigenvalue weighted by atomic mass is 9.74. The number of hydrogen-bond acceptors (Lipinski definition) is 2. The number of rotatable bonds is 6. The van der Waals surface area contributed by atoms with Gasteiger partial charge in [0.15, 0.2) is 0 Å². The molecule has 116 valence electrons. The van der Waals surface area contributed by atoms with Crippen LogP contribution in [0.5, 0.6) is 0 Å². The van der Waals surface area contributed by atoms with E-state index in [9.17, 15) is 0 Å². The SMILES string of the molecule is Cc1ccccc1C1CC(NCCCN2CCCCC2)C1. The molecule has 0 spiro atoms. The molecule has 1 aliphatic heterocycles. The second kappa shape index (κ2) is 7.42. The van der Waals surface area contributed by atoms with Gasteiger partial charge in [-0.25, -0.2) is 0 Å². The van der Waals surface area contributed by atoms with Crippen molar-refractivity contribution in [2.24, 2.45) is 0 Å². The Labute approximate surface area is 129 Å². The van der Waals surface area contributed by atoms with Gasteiger partial charge >= 0.3 is 0 Å². The van der Waals surface area contributed by atoms with Gasteiger partial charge in [0.25, 0.3) is 0 Å². The molecule has 1 saturated heterocycles. The van der Waals surface area contributed by atoms with E-state index in [1.807, 2.05) is 0 Å². The van der Waals surface area contributed by atoms with Crippen LogP contribution in [0.4, 0.5) is 0 Å². The van der Waals surface area contributed by atoms with Gasteiger partial charge in [0, 0.05) is 6.04 Å². The van der Waals surface area contributed by atoms with Crippen LogP contribution in [0.1, 0.15) is 55.6 Å². The topological polar surface area (TPSA) is 15.3 Å². The molecule has 0 unspecified atom stereocenters. The lowest BCUT2D eigenvalue weighted by Crippen LogP contribution is -2.41. The van der Waals surface area contributed by atoms with Crippen molar-refractivity contribution in [1.29, 1.82) is 0 Å². The fourth-order valence-electron chi connectivity index (χ4n) is 3.88. The van der Waals surface area contributed by atoms with E-state index in [-0.39, 0.29) is 0 Å². The van der Waals surface area contributed by atoms with Gasteiger partial charge in [-0.1, -0.05) is 30.7 Å². The van der Waals surface area contributed by atoms with E-state index < -0.39 is 0 Å². The Morgan fingerprint density at radius 3 is 2.62 bits per heavy atom. The van der Waals surface area contributed by atoms with Gasteiger partial charge < -0.3 is 10.2 Å². The van der Waals surface area contributed by atoms with Crippen molar-refractivity contribution in [3.63, 3.8) is 0 Å². The van der Waals surface area contributed by atoms with Crippen molar-refractivity contribution in [2.75, 3.05) is 26.2 Å². The number of piperidine rings is 1. The molecule has 2 nitrogen and oxygen atoms in total. The highest BCUT2D eigenvalue weighted by atomic mass is 15.1. The van der Waals surface area contributed by atoms with Crippen LogP contribution < -0.4 is 5.32 Å². The van der Waals surface area contributed by atoms with Crippen LogP contribution in [0.25, 0.3) is 0 Å². The van der Waals surface area contributed by atoms with Crippen molar-refractivity contribution in [3.05, 3.63) is 35.4 Å². The summed E-state index contributed by atoms with van der Waals surface area (Å²) in [6, 6.07) is 9.65. The zero-order chi connectivity index (χ0) is 14.5. The van der Waals surface area contributed by atoms with Gasteiger partial charge in [-0.15, -0.1) is 0 Å². The standard InChI is InChI=1S/C19H30N2/c1-16-8-3-4-9-19(16)17-14-18(15-17)20-10-7-13-21-11-5-2-6-12-21/h3-4,8-9,17-18,20H,2,5-7,10-15H2,1H3. The molecule has 1 aromatic carbocycles.